The lowest BCUT2D eigenvalue weighted by Crippen LogP contribution is -2.18. The minimum absolute atomic E-state index is 0.133. The topological polar surface area (TPSA) is 74.8 Å². The van der Waals surface area contributed by atoms with E-state index in [0.29, 0.717) is 12.8 Å². The van der Waals surface area contributed by atoms with Crippen LogP contribution in [0.25, 0.3) is 11.3 Å². The molecule has 2 N–H and O–H groups in total. The molecule has 1 aromatic carbocycles. The molecule has 0 saturated heterocycles. The average molecular weight is 421 g/mol. The lowest BCUT2D eigenvalue weighted by molar-refractivity contribution is -0.119. The molecule has 3 aromatic rings. The number of anilines is 1. The van der Waals surface area contributed by atoms with Crippen molar-refractivity contribution < 1.29 is 18.4 Å². The molecule has 0 aliphatic heterocycles. The summed E-state index contributed by atoms with van der Waals surface area (Å²) >= 11 is 0. The van der Waals surface area contributed by atoms with Gasteiger partial charge in [-0.15, -0.1) is 0 Å². The van der Waals surface area contributed by atoms with Crippen molar-refractivity contribution in [3.63, 3.8) is 0 Å². The number of H-pyrrole nitrogens is 1. The number of hydrogen-bond acceptors (Lipinski definition) is 3. The summed E-state index contributed by atoms with van der Waals surface area (Å²) in [6.45, 7) is 0. The summed E-state index contributed by atoms with van der Waals surface area (Å²) in [7, 11) is 0. The Morgan fingerprint density at radius 3 is 2.71 bits per heavy atom. The Balaban J connectivity index is 1.51. The second kappa shape index (κ2) is 7.41. The van der Waals surface area contributed by atoms with E-state index in [1.54, 1.807) is 12.1 Å². The highest BCUT2D eigenvalue weighted by atomic mass is 19.3. The average Bonchev–Trinajstić information content (AvgIpc) is 3.24. The van der Waals surface area contributed by atoms with E-state index in [-0.39, 0.29) is 11.6 Å². The number of benzene rings is 1. The van der Waals surface area contributed by atoms with E-state index in [9.17, 15) is 18.4 Å². The molecule has 1 fully saturated rings. The maximum Gasteiger partial charge on any atom is 0.260 e. The summed E-state index contributed by atoms with van der Waals surface area (Å²) in [5.41, 5.74) is 5.24. The Bertz CT molecular complexity index is 1170. The first-order chi connectivity index (χ1) is 14.9. The molecule has 7 heteroatoms. The van der Waals surface area contributed by atoms with Crippen LogP contribution < -0.4 is 5.32 Å². The Morgan fingerprint density at radius 2 is 1.97 bits per heavy atom. The first-order valence-corrected chi connectivity index (χ1v) is 10.4. The van der Waals surface area contributed by atoms with Crippen LogP contribution in [0.2, 0.25) is 0 Å². The number of aromatic amines is 1. The van der Waals surface area contributed by atoms with Crippen LogP contribution in [0.4, 0.5) is 14.6 Å². The summed E-state index contributed by atoms with van der Waals surface area (Å²) < 4.78 is 26.4. The minimum Gasteiger partial charge on any atom is -0.358 e. The number of Topliss-reactive ketones (excluding diaryl/α,β-unsaturated/α-hetero) is 1. The van der Waals surface area contributed by atoms with Crippen LogP contribution >= 0.6 is 0 Å². The second-order valence-corrected chi connectivity index (χ2v) is 8.21. The number of nitrogens with one attached hydrogen (secondary N) is 2. The minimum atomic E-state index is -2.93. The number of hydrogen-bond donors (Lipinski definition) is 2. The van der Waals surface area contributed by atoms with E-state index >= 15 is 0 Å². The molecule has 5 nitrogen and oxygen atoms in total. The molecular weight excluding hydrogens is 400 g/mol. The van der Waals surface area contributed by atoms with Crippen molar-refractivity contribution in [2.24, 2.45) is 5.92 Å². The van der Waals surface area contributed by atoms with Gasteiger partial charge in [0.15, 0.2) is 5.78 Å². The van der Waals surface area contributed by atoms with E-state index in [1.165, 1.54) is 6.20 Å². The molecule has 2 aliphatic rings. The number of rotatable bonds is 5. The second-order valence-electron chi connectivity index (χ2n) is 8.21. The smallest absolute Gasteiger partial charge is 0.260 e. The van der Waals surface area contributed by atoms with E-state index < -0.39 is 24.2 Å². The molecule has 2 aromatic heterocycles. The molecule has 1 saturated carbocycles. The zero-order valence-corrected chi connectivity index (χ0v) is 16.8. The van der Waals surface area contributed by atoms with Crippen LogP contribution in [-0.4, -0.2) is 27.6 Å². The maximum absolute atomic E-state index is 13.2. The van der Waals surface area contributed by atoms with Crippen molar-refractivity contribution in [1.82, 2.24) is 9.97 Å². The zero-order chi connectivity index (χ0) is 21.6. The zero-order valence-electron chi connectivity index (χ0n) is 16.8. The van der Waals surface area contributed by atoms with Gasteiger partial charge in [0.1, 0.15) is 11.7 Å². The standard InChI is InChI=1S/C24H21F2N3O2/c25-24(26)13-17(24)23(31)29-20-12-15(9-10-27-20)22-16(11-14-5-2-1-3-6-14)21-18(28-22)7-4-8-19(21)30/h1-3,5-6,9-10,12,17,28H,4,7-8,11,13H2,(H,27,29,31). The molecule has 31 heavy (non-hydrogen) atoms. The first kappa shape index (κ1) is 19.6. The highest BCUT2D eigenvalue weighted by Gasteiger charge is 2.61. The molecular formula is C24H21F2N3O2. The van der Waals surface area contributed by atoms with Gasteiger partial charge in [0.2, 0.25) is 5.91 Å². The molecule has 1 unspecified atom stereocenters. The number of fused-ring (bicyclic) bond motifs is 1. The Morgan fingerprint density at radius 1 is 1.19 bits per heavy atom. The van der Waals surface area contributed by atoms with Crippen molar-refractivity contribution in [1.29, 1.82) is 0 Å². The van der Waals surface area contributed by atoms with Gasteiger partial charge in [0, 0.05) is 42.3 Å². The van der Waals surface area contributed by atoms with Gasteiger partial charge in [-0.2, -0.15) is 0 Å². The first-order valence-electron chi connectivity index (χ1n) is 10.4. The lowest BCUT2D eigenvalue weighted by Gasteiger charge is -2.12. The Hall–Kier alpha value is -3.35. The molecule has 2 aliphatic carbocycles. The van der Waals surface area contributed by atoms with Crippen LogP contribution in [-0.2, 0) is 17.6 Å². The molecule has 0 radical (unpaired) electrons. The third kappa shape index (κ3) is 3.76. The predicted octanol–water partition coefficient (Wildman–Crippen LogP) is 4.78. The van der Waals surface area contributed by atoms with Crippen LogP contribution in [0.15, 0.2) is 48.7 Å². The largest absolute Gasteiger partial charge is 0.358 e. The van der Waals surface area contributed by atoms with Gasteiger partial charge < -0.3 is 10.3 Å². The van der Waals surface area contributed by atoms with E-state index in [2.05, 4.69) is 15.3 Å². The number of carbonyl (C=O) groups excluding carboxylic acids is 2. The van der Waals surface area contributed by atoms with Gasteiger partial charge in [-0.05, 0) is 36.1 Å². The summed E-state index contributed by atoms with van der Waals surface area (Å²) in [4.78, 5) is 32.3. The van der Waals surface area contributed by atoms with E-state index in [0.717, 1.165) is 46.5 Å². The Labute approximate surface area is 177 Å². The van der Waals surface area contributed by atoms with E-state index in [1.807, 2.05) is 30.3 Å². The van der Waals surface area contributed by atoms with Crippen LogP contribution in [0.3, 0.4) is 0 Å². The fourth-order valence-electron chi connectivity index (χ4n) is 4.26. The number of amides is 1. The van der Waals surface area contributed by atoms with Crippen LogP contribution in [0, 0.1) is 5.92 Å². The van der Waals surface area contributed by atoms with Gasteiger partial charge in [-0.1, -0.05) is 30.3 Å². The molecule has 0 bridgehead atoms. The third-order valence-electron chi connectivity index (χ3n) is 5.96. The monoisotopic (exact) mass is 421 g/mol. The van der Waals surface area contributed by atoms with Gasteiger partial charge in [0.05, 0.1) is 5.69 Å². The number of nitrogens with zero attached hydrogens (tertiary/aromatic N) is 1. The summed E-state index contributed by atoms with van der Waals surface area (Å²) in [6, 6.07) is 13.4. The number of carbonyl (C=O) groups is 2. The molecule has 1 atom stereocenters. The fraction of sp³-hybridized carbons (Fsp3) is 0.292. The molecule has 0 spiro atoms. The van der Waals surface area contributed by atoms with Gasteiger partial charge in [0.25, 0.3) is 5.92 Å². The summed E-state index contributed by atoms with van der Waals surface area (Å²) in [6.07, 6.45) is 3.83. The van der Waals surface area contributed by atoms with Crippen molar-refractivity contribution >= 4 is 17.5 Å². The highest BCUT2D eigenvalue weighted by Crippen LogP contribution is 2.49. The predicted molar refractivity (Wildman–Crippen MR) is 112 cm³/mol. The SMILES string of the molecule is O=C1CCCc2[nH]c(-c3ccnc(NC(=O)C4CC4(F)F)c3)c(Cc3ccccc3)c21. The van der Waals surface area contributed by atoms with Crippen molar-refractivity contribution in [2.75, 3.05) is 5.32 Å². The van der Waals surface area contributed by atoms with Gasteiger partial charge >= 0.3 is 0 Å². The molecule has 158 valence electrons. The number of ketones is 1. The van der Waals surface area contributed by atoms with E-state index in [4.69, 9.17) is 0 Å². The van der Waals surface area contributed by atoms with Gasteiger partial charge in [-0.25, -0.2) is 13.8 Å². The van der Waals surface area contributed by atoms with Crippen molar-refractivity contribution in [2.45, 2.75) is 38.0 Å². The number of halogens is 2. The normalized spacial score (nSPS) is 19.0. The fourth-order valence-corrected chi connectivity index (χ4v) is 4.26. The number of pyridine rings is 1. The maximum atomic E-state index is 13.2. The number of aryl methyl sites for hydroxylation is 1. The quantitative estimate of drug-likeness (QED) is 0.623. The van der Waals surface area contributed by atoms with Gasteiger partial charge in [-0.3, -0.25) is 9.59 Å². The number of alkyl halides is 2. The lowest BCUT2D eigenvalue weighted by atomic mass is 9.90. The third-order valence-corrected chi connectivity index (χ3v) is 5.96. The Kier molecular flexibility index (Phi) is 4.68. The van der Waals surface area contributed by atoms with Crippen LogP contribution in [0.1, 0.15) is 46.4 Å². The van der Waals surface area contributed by atoms with Crippen molar-refractivity contribution in [3.05, 3.63) is 71.0 Å². The highest BCUT2D eigenvalue weighted by molar-refractivity contribution is 6.02. The van der Waals surface area contributed by atoms with Crippen LogP contribution in [0.5, 0.6) is 0 Å². The van der Waals surface area contributed by atoms with Crippen molar-refractivity contribution in [3.8, 4) is 11.3 Å². The summed E-state index contributed by atoms with van der Waals surface area (Å²) in [5, 5.41) is 2.50. The number of aromatic nitrogens is 2. The molecule has 1 amide bonds. The molecule has 2 heterocycles. The molecule has 5 rings (SSSR count). The summed E-state index contributed by atoms with van der Waals surface area (Å²) in [5.74, 6) is -4.59.